The van der Waals surface area contributed by atoms with E-state index >= 15 is 0 Å². The zero-order chi connectivity index (χ0) is 22.8. The van der Waals surface area contributed by atoms with Gasteiger partial charge in [0.2, 0.25) is 11.2 Å². The van der Waals surface area contributed by atoms with Crippen LogP contribution in [-0.4, -0.2) is 0 Å². The Morgan fingerprint density at radius 3 is 2.44 bits per heavy atom. The van der Waals surface area contributed by atoms with Crippen LogP contribution in [0, 0.1) is 17.8 Å². The quantitative estimate of drug-likeness (QED) is 0.378. The van der Waals surface area contributed by atoms with Crippen LogP contribution in [0.4, 0.5) is 0 Å². The Bertz CT molecular complexity index is 1190. The summed E-state index contributed by atoms with van der Waals surface area (Å²) in [6.45, 7) is 17.1. The topological polar surface area (TPSA) is 3.88 Å². The lowest BCUT2D eigenvalue weighted by Crippen LogP contribution is -2.69. The van der Waals surface area contributed by atoms with Crippen LogP contribution in [0.1, 0.15) is 78.0 Å². The number of para-hydroxylation sites is 1. The van der Waals surface area contributed by atoms with Crippen molar-refractivity contribution in [3.63, 3.8) is 0 Å². The van der Waals surface area contributed by atoms with E-state index in [1.807, 2.05) is 0 Å². The van der Waals surface area contributed by atoms with Gasteiger partial charge in [-0.25, -0.2) is 0 Å². The largest absolute Gasteiger partial charge is 0.213 e. The van der Waals surface area contributed by atoms with Crippen LogP contribution >= 0.6 is 0 Å². The molecule has 0 radical (unpaired) electrons. The average molecular weight is 427 g/mol. The van der Waals surface area contributed by atoms with Gasteiger partial charge < -0.3 is 0 Å². The Morgan fingerprint density at radius 2 is 1.75 bits per heavy atom. The van der Waals surface area contributed by atoms with Gasteiger partial charge in [0.05, 0.1) is 11.0 Å². The highest BCUT2D eigenvalue weighted by molar-refractivity contribution is 5.79. The molecule has 0 saturated heterocycles. The lowest BCUT2D eigenvalue weighted by Gasteiger charge is -2.52. The fraction of sp³-hybridized carbons (Fsp3) is 0.516. The van der Waals surface area contributed by atoms with Gasteiger partial charge in [-0.15, -0.1) is 0 Å². The van der Waals surface area contributed by atoms with Crippen molar-refractivity contribution in [1.29, 1.82) is 0 Å². The summed E-state index contributed by atoms with van der Waals surface area (Å²) in [7, 11) is 0. The second-order valence-corrected chi connectivity index (χ2v) is 11.8. The number of fused-ring (bicyclic) bond motifs is 4. The van der Waals surface area contributed by atoms with Crippen LogP contribution in [0.5, 0.6) is 0 Å². The van der Waals surface area contributed by atoms with Gasteiger partial charge in [0.15, 0.2) is 5.54 Å². The van der Waals surface area contributed by atoms with Crippen LogP contribution in [0.15, 0.2) is 48.5 Å². The SMILES string of the molecule is CCC1(C)[n+]2c(ccc3ccccc32)-c2cc(CC(C)C)cc3c2C1(C)CC(C(C)C)C3. The van der Waals surface area contributed by atoms with Crippen molar-refractivity contribution in [2.75, 3.05) is 0 Å². The van der Waals surface area contributed by atoms with E-state index in [1.54, 1.807) is 11.1 Å². The fourth-order valence-corrected chi connectivity index (χ4v) is 7.06. The fourth-order valence-electron chi connectivity index (χ4n) is 7.06. The summed E-state index contributed by atoms with van der Waals surface area (Å²) < 4.78 is 2.73. The van der Waals surface area contributed by atoms with Crippen LogP contribution in [0.2, 0.25) is 0 Å². The first-order valence-electron chi connectivity index (χ1n) is 12.8. The maximum absolute atomic E-state index is 2.73. The Balaban J connectivity index is 1.90. The molecule has 1 heteroatoms. The average Bonchev–Trinajstić information content (AvgIpc) is 2.75. The maximum atomic E-state index is 2.73. The maximum Gasteiger partial charge on any atom is 0.213 e. The van der Waals surface area contributed by atoms with Gasteiger partial charge in [-0.05, 0) is 78.8 Å². The summed E-state index contributed by atoms with van der Waals surface area (Å²) in [4.78, 5) is 0. The first kappa shape index (κ1) is 21.7. The third-order valence-corrected chi connectivity index (χ3v) is 9.06. The lowest BCUT2D eigenvalue weighted by molar-refractivity contribution is -0.743. The van der Waals surface area contributed by atoms with Gasteiger partial charge >= 0.3 is 0 Å². The molecule has 2 aliphatic rings. The highest BCUT2D eigenvalue weighted by atomic mass is 15.1. The zero-order valence-corrected chi connectivity index (χ0v) is 21.1. The molecule has 3 aromatic rings. The van der Waals surface area contributed by atoms with Crippen LogP contribution in [0.3, 0.4) is 0 Å². The van der Waals surface area contributed by atoms with E-state index in [4.69, 9.17) is 0 Å². The number of pyridine rings is 1. The third kappa shape index (κ3) is 2.93. The Kier molecular flexibility index (Phi) is 5.04. The summed E-state index contributed by atoms with van der Waals surface area (Å²) in [5.41, 5.74) is 9.25. The second kappa shape index (κ2) is 7.44. The molecule has 0 fully saturated rings. The minimum atomic E-state index is 0.0398. The van der Waals surface area contributed by atoms with Gasteiger partial charge in [-0.3, -0.25) is 0 Å². The van der Waals surface area contributed by atoms with Crippen molar-refractivity contribution in [1.82, 2.24) is 0 Å². The number of benzene rings is 2. The first-order valence-corrected chi connectivity index (χ1v) is 12.8. The van der Waals surface area contributed by atoms with Crippen molar-refractivity contribution in [3.8, 4) is 11.3 Å². The lowest BCUT2D eigenvalue weighted by atomic mass is 9.53. The molecule has 1 aliphatic carbocycles. The summed E-state index contributed by atoms with van der Waals surface area (Å²) >= 11 is 0. The smallest absolute Gasteiger partial charge is 0.185 e. The van der Waals surface area contributed by atoms with E-state index in [9.17, 15) is 0 Å². The monoisotopic (exact) mass is 426 g/mol. The number of rotatable bonds is 4. The minimum absolute atomic E-state index is 0.0398. The molecule has 1 aliphatic heterocycles. The van der Waals surface area contributed by atoms with Gasteiger partial charge in [0, 0.05) is 30.9 Å². The molecule has 0 saturated carbocycles. The van der Waals surface area contributed by atoms with Crippen LogP contribution in [-0.2, 0) is 23.8 Å². The molecule has 168 valence electrons. The van der Waals surface area contributed by atoms with Crippen molar-refractivity contribution in [2.45, 2.75) is 85.1 Å². The normalized spacial score (nSPS) is 26.5. The van der Waals surface area contributed by atoms with Gasteiger partial charge in [-0.2, -0.15) is 4.57 Å². The van der Waals surface area contributed by atoms with Crippen LogP contribution < -0.4 is 4.57 Å². The molecule has 2 aromatic carbocycles. The number of nitrogens with zero attached hydrogens (tertiary/aromatic N) is 1. The van der Waals surface area contributed by atoms with Gasteiger partial charge in [-0.1, -0.05) is 52.8 Å². The zero-order valence-electron chi connectivity index (χ0n) is 21.1. The number of hydrogen-bond acceptors (Lipinski definition) is 0. The van der Waals surface area contributed by atoms with Crippen LogP contribution in [0.25, 0.3) is 22.2 Å². The van der Waals surface area contributed by atoms with Gasteiger partial charge in [0.25, 0.3) is 0 Å². The predicted molar refractivity (Wildman–Crippen MR) is 136 cm³/mol. The van der Waals surface area contributed by atoms with E-state index in [0.29, 0.717) is 11.8 Å². The van der Waals surface area contributed by atoms with Crippen molar-refractivity contribution in [3.05, 3.63) is 65.2 Å². The Labute approximate surface area is 194 Å². The van der Waals surface area contributed by atoms with Crippen molar-refractivity contribution >= 4 is 10.9 Å². The van der Waals surface area contributed by atoms with Crippen molar-refractivity contribution in [2.24, 2.45) is 17.8 Å². The molecule has 0 amide bonds. The molecule has 1 nitrogen and oxygen atoms in total. The van der Waals surface area contributed by atoms with E-state index in [2.05, 4.69) is 102 Å². The van der Waals surface area contributed by atoms with E-state index in [-0.39, 0.29) is 11.0 Å². The summed E-state index contributed by atoms with van der Waals surface area (Å²) in [5, 5.41) is 1.35. The van der Waals surface area contributed by atoms with E-state index in [0.717, 1.165) is 18.8 Å². The second-order valence-electron chi connectivity index (χ2n) is 11.8. The standard InChI is InChI=1S/C31H40N/c1-8-31(7)30(6)19-25(21(4)5)18-24-16-22(15-20(2)3)17-26(29(24)30)28-14-13-23-11-9-10-12-27(23)32(28)31/h9-14,16-17,20-21,25H,8,15,18-19H2,1-7H3/q+1. The number of aromatic nitrogens is 1. The molecule has 0 bridgehead atoms. The molecule has 32 heavy (non-hydrogen) atoms. The molecular weight excluding hydrogens is 386 g/mol. The van der Waals surface area contributed by atoms with Gasteiger partial charge in [0.1, 0.15) is 0 Å². The predicted octanol–water partition coefficient (Wildman–Crippen LogP) is 7.61. The highest BCUT2D eigenvalue weighted by Crippen LogP contribution is 2.56. The van der Waals surface area contributed by atoms with E-state index < -0.39 is 0 Å². The Morgan fingerprint density at radius 1 is 1.00 bits per heavy atom. The molecule has 2 heterocycles. The van der Waals surface area contributed by atoms with Crippen molar-refractivity contribution < 1.29 is 4.57 Å². The summed E-state index contributed by atoms with van der Waals surface area (Å²) in [6.07, 6.45) is 4.79. The molecule has 0 spiro atoms. The summed E-state index contributed by atoms with van der Waals surface area (Å²) in [6, 6.07) is 18.9. The molecular formula is C31H40N+. The Hall–Kier alpha value is -2.15. The summed E-state index contributed by atoms with van der Waals surface area (Å²) in [5.74, 6) is 2.11. The molecule has 3 atom stereocenters. The molecule has 3 unspecified atom stereocenters. The minimum Gasteiger partial charge on any atom is -0.185 e. The highest BCUT2D eigenvalue weighted by Gasteiger charge is 2.60. The first-order chi connectivity index (χ1) is 15.2. The molecule has 1 aromatic heterocycles. The van der Waals surface area contributed by atoms with E-state index in [1.165, 1.54) is 40.6 Å². The number of hydrogen-bond donors (Lipinski definition) is 0. The molecule has 0 N–H and O–H groups in total. The third-order valence-electron chi connectivity index (χ3n) is 9.06. The molecule has 5 rings (SSSR count).